The molecule has 0 aliphatic rings. The monoisotopic (exact) mass is 152 g/mol. The average molecular weight is 152 g/mol. The van der Waals surface area contributed by atoms with Crippen LogP contribution in [0.3, 0.4) is 0 Å². The first-order chi connectivity index (χ1) is 5.33. The average Bonchev–Trinajstić information content (AvgIpc) is 2.08. The van der Waals surface area contributed by atoms with Crippen LogP contribution in [0.25, 0.3) is 0 Å². The van der Waals surface area contributed by atoms with Gasteiger partial charge in [-0.25, -0.2) is 4.98 Å². The van der Waals surface area contributed by atoms with Gasteiger partial charge >= 0.3 is 0 Å². The van der Waals surface area contributed by atoms with Gasteiger partial charge in [0.2, 0.25) is 0 Å². The Bertz CT molecular complexity index is 197. The van der Waals surface area contributed by atoms with Crippen LogP contribution in [0.15, 0.2) is 18.3 Å². The zero-order valence-electron chi connectivity index (χ0n) is 7.68. The van der Waals surface area contributed by atoms with Gasteiger partial charge in [0.05, 0.1) is 0 Å². The lowest BCUT2D eigenvalue weighted by Crippen LogP contribution is -1.90. The van der Waals surface area contributed by atoms with Crippen molar-refractivity contribution in [3.63, 3.8) is 0 Å². The van der Waals surface area contributed by atoms with Crippen molar-refractivity contribution in [3.8, 4) is 0 Å². The molecule has 0 bridgehead atoms. The third-order valence-electron chi connectivity index (χ3n) is 1.17. The van der Waals surface area contributed by atoms with Crippen LogP contribution in [0.2, 0.25) is 0 Å². The van der Waals surface area contributed by atoms with Crippen LogP contribution in [0.4, 0.5) is 5.82 Å². The minimum absolute atomic E-state index is 0.926. The molecule has 1 rings (SSSR count). The molecule has 0 atom stereocenters. The summed E-state index contributed by atoms with van der Waals surface area (Å²) in [6.45, 7) is 6.04. The fourth-order valence-electron chi connectivity index (χ4n) is 0.673. The topological polar surface area (TPSA) is 24.9 Å². The van der Waals surface area contributed by atoms with Gasteiger partial charge in [-0.3, -0.25) is 0 Å². The summed E-state index contributed by atoms with van der Waals surface area (Å²) in [6, 6.07) is 3.97. The maximum absolute atomic E-state index is 4.05. The van der Waals surface area contributed by atoms with Crippen LogP contribution in [-0.4, -0.2) is 12.0 Å². The van der Waals surface area contributed by atoms with Crippen molar-refractivity contribution < 1.29 is 0 Å². The molecule has 1 aromatic rings. The zero-order valence-corrected chi connectivity index (χ0v) is 7.68. The maximum atomic E-state index is 4.05. The third-order valence-corrected chi connectivity index (χ3v) is 1.17. The summed E-state index contributed by atoms with van der Waals surface area (Å²) in [5.74, 6) is 0.926. The Hall–Kier alpha value is -1.05. The summed E-state index contributed by atoms with van der Waals surface area (Å²) in [4.78, 5) is 4.05. The molecule has 2 heteroatoms. The number of hydrogen-bond donors (Lipinski definition) is 1. The summed E-state index contributed by atoms with van der Waals surface area (Å²) >= 11 is 0. The maximum Gasteiger partial charge on any atom is 0.125 e. The Balaban J connectivity index is 0.000000461. The molecule has 2 nitrogen and oxygen atoms in total. The van der Waals surface area contributed by atoms with Gasteiger partial charge in [0, 0.05) is 13.2 Å². The van der Waals surface area contributed by atoms with E-state index >= 15 is 0 Å². The highest BCUT2D eigenvalue weighted by molar-refractivity contribution is 5.35. The molecule has 62 valence electrons. The van der Waals surface area contributed by atoms with Crippen molar-refractivity contribution in [2.75, 3.05) is 12.4 Å². The summed E-state index contributed by atoms with van der Waals surface area (Å²) in [5.41, 5.74) is 1.23. The molecule has 1 heterocycles. The number of hydrogen-bond acceptors (Lipinski definition) is 2. The highest BCUT2D eigenvalue weighted by Gasteiger charge is 1.86. The first-order valence-electron chi connectivity index (χ1n) is 3.93. The lowest BCUT2D eigenvalue weighted by atomic mass is 10.3. The first-order valence-corrected chi connectivity index (χ1v) is 3.93. The van der Waals surface area contributed by atoms with E-state index in [0.29, 0.717) is 0 Å². The SMILES string of the molecule is CC.CNc1cc(C)ccn1. The van der Waals surface area contributed by atoms with Gasteiger partial charge < -0.3 is 5.32 Å². The van der Waals surface area contributed by atoms with Crippen molar-refractivity contribution in [1.82, 2.24) is 4.98 Å². The van der Waals surface area contributed by atoms with E-state index < -0.39 is 0 Å². The molecule has 0 amide bonds. The number of anilines is 1. The highest BCUT2D eigenvalue weighted by Crippen LogP contribution is 2.02. The van der Waals surface area contributed by atoms with Crippen molar-refractivity contribution in [3.05, 3.63) is 23.9 Å². The number of nitrogens with one attached hydrogen (secondary N) is 1. The van der Waals surface area contributed by atoms with E-state index in [9.17, 15) is 0 Å². The van der Waals surface area contributed by atoms with E-state index in [-0.39, 0.29) is 0 Å². The number of aryl methyl sites for hydroxylation is 1. The molecule has 0 unspecified atom stereocenters. The van der Waals surface area contributed by atoms with Crippen molar-refractivity contribution in [1.29, 1.82) is 0 Å². The van der Waals surface area contributed by atoms with Gasteiger partial charge in [-0.05, 0) is 24.6 Å². The Labute approximate surface area is 68.7 Å². The van der Waals surface area contributed by atoms with Gasteiger partial charge in [-0.1, -0.05) is 13.8 Å². The number of aromatic nitrogens is 1. The Morgan fingerprint density at radius 2 is 2.00 bits per heavy atom. The second kappa shape index (κ2) is 5.71. The van der Waals surface area contributed by atoms with Crippen LogP contribution >= 0.6 is 0 Å². The smallest absolute Gasteiger partial charge is 0.125 e. The molecule has 0 aliphatic heterocycles. The molecule has 0 aliphatic carbocycles. The predicted molar refractivity (Wildman–Crippen MR) is 49.9 cm³/mol. The first kappa shape index (κ1) is 9.95. The molecule has 0 saturated heterocycles. The summed E-state index contributed by atoms with van der Waals surface area (Å²) in [7, 11) is 1.86. The Morgan fingerprint density at radius 1 is 1.36 bits per heavy atom. The molecular weight excluding hydrogens is 136 g/mol. The molecule has 0 aromatic carbocycles. The van der Waals surface area contributed by atoms with Gasteiger partial charge in [0.15, 0.2) is 0 Å². The van der Waals surface area contributed by atoms with E-state index in [1.54, 1.807) is 6.20 Å². The lowest BCUT2D eigenvalue weighted by molar-refractivity contribution is 1.26. The van der Waals surface area contributed by atoms with Gasteiger partial charge in [-0.2, -0.15) is 0 Å². The molecule has 0 spiro atoms. The number of pyridine rings is 1. The van der Waals surface area contributed by atoms with Crippen molar-refractivity contribution in [2.24, 2.45) is 0 Å². The lowest BCUT2D eigenvalue weighted by Gasteiger charge is -1.96. The van der Waals surface area contributed by atoms with Crippen molar-refractivity contribution >= 4 is 5.82 Å². The molecule has 0 saturated carbocycles. The van der Waals surface area contributed by atoms with E-state index in [2.05, 4.69) is 10.3 Å². The van der Waals surface area contributed by atoms with Crippen LogP contribution in [0.1, 0.15) is 19.4 Å². The van der Waals surface area contributed by atoms with Crippen LogP contribution in [0, 0.1) is 6.92 Å². The van der Waals surface area contributed by atoms with Gasteiger partial charge in [-0.15, -0.1) is 0 Å². The summed E-state index contributed by atoms with van der Waals surface area (Å²) in [5, 5.41) is 2.96. The largest absolute Gasteiger partial charge is 0.373 e. The van der Waals surface area contributed by atoms with Crippen LogP contribution in [0.5, 0.6) is 0 Å². The minimum Gasteiger partial charge on any atom is -0.373 e. The highest BCUT2D eigenvalue weighted by atomic mass is 14.9. The van der Waals surface area contributed by atoms with Crippen molar-refractivity contribution in [2.45, 2.75) is 20.8 Å². The molecule has 1 aromatic heterocycles. The zero-order chi connectivity index (χ0) is 8.69. The molecule has 0 radical (unpaired) electrons. The summed E-state index contributed by atoms with van der Waals surface area (Å²) < 4.78 is 0. The standard InChI is InChI=1S/C7H10N2.C2H6/c1-6-3-4-9-7(5-6)8-2;1-2/h3-5H,1-2H3,(H,8,9);1-2H3. The van der Waals surface area contributed by atoms with Gasteiger partial charge in [0.25, 0.3) is 0 Å². The fraction of sp³-hybridized carbons (Fsp3) is 0.444. The van der Waals surface area contributed by atoms with Crippen LogP contribution < -0.4 is 5.32 Å². The minimum atomic E-state index is 0.926. The third kappa shape index (κ3) is 3.61. The molecule has 1 N–H and O–H groups in total. The molecular formula is C9H16N2. The number of nitrogens with zero attached hydrogens (tertiary/aromatic N) is 1. The Morgan fingerprint density at radius 3 is 2.36 bits per heavy atom. The normalized spacial score (nSPS) is 8.00. The quantitative estimate of drug-likeness (QED) is 0.668. The molecule has 0 fully saturated rings. The van der Waals surface area contributed by atoms with E-state index in [0.717, 1.165) is 5.82 Å². The van der Waals surface area contributed by atoms with Crippen LogP contribution in [-0.2, 0) is 0 Å². The molecule has 11 heavy (non-hydrogen) atoms. The number of rotatable bonds is 1. The predicted octanol–water partition coefficient (Wildman–Crippen LogP) is 2.46. The van der Waals surface area contributed by atoms with Gasteiger partial charge in [0.1, 0.15) is 5.82 Å². The Kier molecular flexibility index (Phi) is 5.17. The second-order valence-electron chi connectivity index (χ2n) is 1.97. The second-order valence-corrected chi connectivity index (χ2v) is 1.97. The van der Waals surface area contributed by atoms with E-state index in [1.807, 2.05) is 40.0 Å². The van der Waals surface area contributed by atoms with E-state index in [1.165, 1.54) is 5.56 Å². The van der Waals surface area contributed by atoms with E-state index in [4.69, 9.17) is 0 Å². The summed E-state index contributed by atoms with van der Waals surface area (Å²) in [6.07, 6.45) is 1.79. The fourth-order valence-corrected chi connectivity index (χ4v) is 0.673.